The molecule has 0 aliphatic carbocycles. The summed E-state index contributed by atoms with van der Waals surface area (Å²) in [6, 6.07) is 4.35. The fourth-order valence-corrected chi connectivity index (χ4v) is 3.61. The van der Waals surface area contributed by atoms with E-state index in [0.717, 1.165) is 5.25 Å². The lowest BCUT2D eigenvalue weighted by molar-refractivity contribution is 0.532. The van der Waals surface area contributed by atoms with E-state index in [4.69, 9.17) is 0 Å². The molecule has 1 saturated heterocycles. The van der Waals surface area contributed by atoms with E-state index in [-0.39, 0.29) is 0 Å². The van der Waals surface area contributed by atoms with E-state index >= 15 is 0 Å². The molecule has 1 aromatic heterocycles. The van der Waals surface area contributed by atoms with Gasteiger partial charge < -0.3 is 5.32 Å². The van der Waals surface area contributed by atoms with Crippen LogP contribution >= 0.6 is 23.1 Å². The zero-order valence-electron chi connectivity index (χ0n) is 6.95. The fraction of sp³-hybridized carbons (Fsp3) is 0.556. The third kappa shape index (κ3) is 2.25. The Kier molecular flexibility index (Phi) is 3.08. The fourth-order valence-electron chi connectivity index (χ4n) is 1.41. The normalized spacial score (nSPS) is 19.7. The summed E-state index contributed by atoms with van der Waals surface area (Å²) in [5.74, 6) is 0. The summed E-state index contributed by atoms with van der Waals surface area (Å²) in [6.45, 7) is 2.39. The largest absolute Gasteiger partial charge is 0.317 e. The highest BCUT2D eigenvalue weighted by molar-refractivity contribution is 8.01. The van der Waals surface area contributed by atoms with Crippen LogP contribution in [0, 0.1) is 0 Å². The zero-order valence-corrected chi connectivity index (χ0v) is 8.59. The zero-order chi connectivity index (χ0) is 8.23. The van der Waals surface area contributed by atoms with Gasteiger partial charge in [0.1, 0.15) is 0 Å². The predicted molar refractivity (Wildman–Crippen MR) is 56.1 cm³/mol. The maximum atomic E-state index is 3.38. The van der Waals surface area contributed by atoms with Crippen LogP contribution in [0.4, 0.5) is 0 Å². The highest BCUT2D eigenvalue weighted by atomic mass is 32.2. The minimum atomic E-state index is 0.852. The topological polar surface area (TPSA) is 12.0 Å². The third-order valence-corrected chi connectivity index (χ3v) is 4.48. The molecule has 1 aliphatic heterocycles. The molecule has 0 aromatic carbocycles. The molecule has 0 spiro atoms. The number of piperidine rings is 1. The van der Waals surface area contributed by atoms with Gasteiger partial charge in [-0.1, -0.05) is 6.07 Å². The van der Waals surface area contributed by atoms with Gasteiger partial charge in [-0.05, 0) is 37.4 Å². The molecule has 0 atom stereocenters. The summed E-state index contributed by atoms with van der Waals surface area (Å²) in [7, 11) is 0. The second-order valence-electron chi connectivity index (χ2n) is 3.00. The molecule has 2 heterocycles. The van der Waals surface area contributed by atoms with Gasteiger partial charge in [0, 0.05) is 5.25 Å². The number of nitrogens with one attached hydrogen (secondary N) is 1. The van der Waals surface area contributed by atoms with Crippen LogP contribution in [-0.4, -0.2) is 18.3 Å². The average molecular weight is 199 g/mol. The van der Waals surface area contributed by atoms with E-state index in [9.17, 15) is 0 Å². The van der Waals surface area contributed by atoms with E-state index in [1.54, 1.807) is 0 Å². The van der Waals surface area contributed by atoms with Crippen molar-refractivity contribution < 1.29 is 0 Å². The summed E-state index contributed by atoms with van der Waals surface area (Å²) >= 11 is 3.91. The van der Waals surface area contributed by atoms with Crippen LogP contribution in [0.2, 0.25) is 0 Å². The molecule has 0 radical (unpaired) electrons. The quantitative estimate of drug-likeness (QED) is 0.785. The van der Waals surface area contributed by atoms with E-state index in [1.807, 2.05) is 23.1 Å². The summed E-state index contributed by atoms with van der Waals surface area (Å²) in [5, 5.41) is 6.39. The van der Waals surface area contributed by atoms with Crippen LogP contribution < -0.4 is 5.32 Å². The molecule has 1 fully saturated rings. The van der Waals surface area contributed by atoms with Crippen molar-refractivity contribution in [1.82, 2.24) is 5.32 Å². The Morgan fingerprint density at radius 1 is 1.42 bits per heavy atom. The lowest BCUT2D eigenvalue weighted by Gasteiger charge is -2.21. The van der Waals surface area contributed by atoms with Crippen molar-refractivity contribution in [2.75, 3.05) is 13.1 Å². The van der Waals surface area contributed by atoms with Crippen LogP contribution in [0.1, 0.15) is 12.8 Å². The first-order valence-corrected chi connectivity index (χ1v) is 6.12. The van der Waals surface area contributed by atoms with Gasteiger partial charge in [0.25, 0.3) is 0 Å². The van der Waals surface area contributed by atoms with E-state index in [1.165, 1.54) is 30.1 Å². The van der Waals surface area contributed by atoms with Crippen molar-refractivity contribution in [2.24, 2.45) is 0 Å². The first-order valence-electron chi connectivity index (χ1n) is 4.36. The predicted octanol–water partition coefficient (Wildman–Crippen LogP) is 2.59. The Morgan fingerprint density at radius 2 is 2.25 bits per heavy atom. The number of thioether (sulfide) groups is 1. The molecule has 1 aliphatic rings. The molecule has 0 saturated carbocycles. The number of thiophene rings is 1. The van der Waals surface area contributed by atoms with Crippen molar-refractivity contribution >= 4 is 23.1 Å². The molecule has 2 rings (SSSR count). The Morgan fingerprint density at radius 3 is 2.92 bits per heavy atom. The maximum Gasteiger partial charge on any atom is 0.0601 e. The van der Waals surface area contributed by atoms with Gasteiger partial charge in [0.15, 0.2) is 0 Å². The Balaban J connectivity index is 1.86. The maximum absolute atomic E-state index is 3.38. The van der Waals surface area contributed by atoms with Gasteiger partial charge in [-0.15, -0.1) is 23.1 Å². The minimum Gasteiger partial charge on any atom is -0.317 e. The standard InChI is InChI=1S/C9H13NS2/c1-2-9(11-7-1)12-8-3-5-10-6-4-8/h1-2,7-8,10H,3-6H2. The molecule has 12 heavy (non-hydrogen) atoms. The van der Waals surface area contributed by atoms with E-state index in [2.05, 4.69) is 22.8 Å². The van der Waals surface area contributed by atoms with Crippen LogP contribution in [0.15, 0.2) is 21.7 Å². The second-order valence-corrected chi connectivity index (χ2v) is 5.55. The van der Waals surface area contributed by atoms with Crippen LogP contribution in [0.3, 0.4) is 0 Å². The van der Waals surface area contributed by atoms with E-state index < -0.39 is 0 Å². The Bertz CT molecular complexity index is 214. The van der Waals surface area contributed by atoms with Gasteiger partial charge in [-0.3, -0.25) is 0 Å². The number of hydrogen-bond acceptors (Lipinski definition) is 3. The average Bonchev–Trinajstić information content (AvgIpc) is 2.59. The highest BCUT2D eigenvalue weighted by Gasteiger charge is 2.13. The van der Waals surface area contributed by atoms with Crippen molar-refractivity contribution in [3.05, 3.63) is 17.5 Å². The van der Waals surface area contributed by atoms with Gasteiger partial charge in [-0.2, -0.15) is 0 Å². The minimum absolute atomic E-state index is 0.852. The van der Waals surface area contributed by atoms with Crippen molar-refractivity contribution in [3.63, 3.8) is 0 Å². The van der Waals surface area contributed by atoms with Crippen LogP contribution in [-0.2, 0) is 0 Å². The molecule has 1 N–H and O–H groups in total. The van der Waals surface area contributed by atoms with Gasteiger partial charge in [-0.25, -0.2) is 0 Å². The van der Waals surface area contributed by atoms with E-state index in [0.29, 0.717) is 0 Å². The molecule has 3 heteroatoms. The first-order chi connectivity index (χ1) is 5.95. The monoisotopic (exact) mass is 199 g/mol. The SMILES string of the molecule is c1csc(SC2CCNCC2)c1. The first kappa shape index (κ1) is 8.60. The summed E-state index contributed by atoms with van der Waals surface area (Å²) in [5.41, 5.74) is 0. The van der Waals surface area contributed by atoms with Crippen molar-refractivity contribution in [1.29, 1.82) is 0 Å². The molecule has 1 aromatic rings. The summed E-state index contributed by atoms with van der Waals surface area (Å²) in [4.78, 5) is 0. The molecule has 0 unspecified atom stereocenters. The summed E-state index contributed by atoms with van der Waals surface area (Å²) < 4.78 is 1.47. The van der Waals surface area contributed by atoms with Gasteiger partial charge >= 0.3 is 0 Å². The van der Waals surface area contributed by atoms with Gasteiger partial charge in [0.05, 0.1) is 4.21 Å². The van der Waals surface area contributed by atoms with Crippen LogP contribution in [0.5, 0.6) is 0 Å². The van der Waals surface area contributed by atoms with Crippen molar-refractivity contribution in [3.8, 4) is 0 Å². The lowest BCUT2D eigenvalue weighted by atomic mass is 10.2. The molecular weight excluding hydrogens is 186 g/mol. The number of rotatable bonds is 2. The molecule has 0 bridgehead atoms. The van der Waals surface area contributed by atoms with Crippen molar-refractivity contribution in [2.45, 2.75) is 22.3 Å². The second kappa shape index (κ2) is 4.30. The molecule has 66 valence electrons. The lowest BCUT2D eigenvalue weighted by Crippen LogP contribution is -2.28. The molecule has 0 amide bonds. The Labute approximate surface area is 81.6 Å². The number of hydrogen-bond donors (Lipinski definition) is 1. The Hall–Kier alpha value is 0.01000. The smallest absolute Gasteiger partial charge is 0.0601 e. The summed E-state index contributed by atoms with van der Waals surface area (Å²) in [6.07, 6.45) is 2.64. The van der Waals surface area contributed by atoms with Crippen LogP contribution in [0.25, 0.3) is 0 Å². The third-order valence-electron chi connectivity index (χ3n) is 2.06. The van der Waals surface area contributed by atoms with Gasteiger partial charge in [0.2, 0.25) is 0 Å². The molecular formula is C9H13NS2. The molecule has 1 nitrogen and oxygen atoms in total. The highest BCUT2D eigenvalue weighted by Crippen LogP contribution is 2.31.